The van der Waals surface area contributed by atoms with Crippen LogP contribution < -0.4 is 10.6 Å². The third-order valence-corrected chi connectivity index (χ3v) is 4.34. The maximum Gasteiger partial charge on any atom is 0.416 e. The molecule has 1 aliphatic heterocycles. The van der Waals surface area contributed by atoms with Crippen LogP contribution in [-0.4, -0.2) is 25.5 Å². The lowest BCUT2D eigenvalue weighted by Crippen LogP contribution is -2.49. The first-order valence-corrected chi connectivity index (χ1v) is 7.08. The van der Waals surface area contributed by atoms with Gasteiger partial charge in [-0.15, -0.1) is 0 Å². The number of rotatable bonds is 4. The molecule has 0 atom stereocenters. The van der Waals surface area contributed by atoms with E-state index in [1.165, 1.54) is 6.07 Å². The molecule has 0 radical (unpaired) electrons. The van der Waals surface area contributed by atoms with Crippen LogP contribution in [0, 0.1) is 5.92 Å². The van der Waals surface area contributed by atoms with Gasteiger partial charge in [-0.2, -0.15) is 13.2 Å². The van der Waals surface area contributed by atoms with E-state index < -0.39 is 17.2 Å². The van der Waals surface area contributed by atoms with E-state index in [1.807, 2.05) is 0 Å². The molecule has 2 N–H and O–H groups in total. The smallest absolute Gasteiger partial charge is 0.355 e. The van der Waals surface area contributed by atoms with Gasteiger partial charge in [0.1, 0.15) is 0 Å². The van der Waals surface area contributed by atoms with Crippen LogP contribution in [0.5, 0.6) is 0 Å². The molecule has 1 amide bonds. The molecule has 1 aromatic rings. The van der Waals surface area contributed by atoms with Crippen molar-refractivity contribution in [1.82, 2.24) is 10.6 Å². The lowest BCUT2D eigenvalue weighted by molar-refractivity contribution is -0.137. The first kappa shape index (κ1) is 14.4. The van der Waals surface area contributed by atoms with Crippen LogP contribution in [0.3, 0.4) is 0 Å². The fraction of sp³-hybridized carbons (Fsp3) is 0.533. The Morgan fingerprint density at radius 1 is 1.33 bits per heavy atom. The molecule has 1 saturated carbocycles. The third kappa shape index (κ3) is 2.77. The highest BCUT2D eigenvalue weighted by Crippen LogP contribution is 2.49. The molecule has 2 aliphatic rings. The van der Waals surface area contributed by atoms with E-state index in [1.54, 1.807) is 6.07 Å². The Morgan fingerprint density at radius 3 is 2.57 bits per heavy atom. The summed E-state index contributed by atoms with van der Waals surface area (Å²) < 4.78 is 38.3. The van der Waals surface area contributed by atoms with Crippen molar-refractivity contribution < 1.29 is 18.0 Å². The number of hydrogen-bond acceptors (Lipinski definition) is 2. The zero-order valence-electron chi connectivity index (χ0n) is 11.5. The van der Waals surface area contributed by atoms with Crippen molar-refractivity contribution in [1.29, 1.82) is 0 Å². The first-order valence-electron chi connectivity index (χ1n) is 7.08. The summed E-state index contributed by atoms with van der Waals surface area (Å²) in [6.07, 6.45) is -3.15. The van der Waals surface area contributed by atoms with Crippen molar-refractivity contribution >= 4 is 5.91 Å². The molecule has 1 heterocycles. The van der Waals surface area contributed by atoms with Crippen molar-refractivity contribution in [3.05, 3.63) is 35.4 Å². The Hall–Kier alpha value is -1.56. The van der Waals surface area contributed by atoms with Crippen LogP contribution in [0.25, 0.3) is 0 Å². The van der Waals surface area contributed by atoms with Gasteiger partial charge >= 0.3 is 6.18 Å². The lowest BCUT2D eigenvalue weighted by Gasteiger charge is -2.28. The number of carbonyl (C=O) groups is 1. The topological polar surface area (TPSA) is 41.1 Å². The van der Waals surface area contributed by atoms with Crippen LogP contribution >= 0.6 is 0 Å². The molecule has 3 nitrogen and oxygen atoms in total. The summed E-state index contributed by atoms with van der Waals surface area (Å²) in [5.74, 6) is 0.292. The highest BCUT2D eigenvalue weighted by atomic mass is 19.4. The second-order valence-corrected chi connectivity index (χ2v) is 5.89. The Labute approximate surface area is 120 Å². The Morgan fingerprint density at radius 2 is 2.05 bits per heavy atom. The van der Waals surface area contributed by atoms with Gasteiger partial charge in [-0.05, 0) is 24.5 Å². The summed E-state index contributed by atoms with van der Waals surface area (Å²) >= 11 is 0. The largest absolute Gasteiger partial charge is 0.416 e. The molecule has 3 rings (SSSR count). The van der Waals surface area contributed by atoms with Gasteiger partial charge in [0.2, 0.25) is 5.91 Å². The van der Waals surface area contributed by atoms with Crippen LogP contribution in [0.1, 0.15) is 24.0 Å². The van der Waals surface area contributed by atoms with Gasteiger partial charge in [-0.25, -0.2) is 0 Å². The number of amides is 1. The van der Waals surface area contributed by atoms with Crippen LogP contribution in [0.2, 0.25) is 0 Å². The SMILES string of the molecule is O=C(NCC1CNC1)C1(c2cccc(C(F)(F)F)c2)CC1. The number of alkyl halides is 3. The summed E-state index contributed by atoms with van der Waals surface area (Å²) in [6.45, 7) is 2.36. The minimum absolute atomic E-state index is 0.145. The maximum atomic E-state index is 12.8. The molecule has 6 heteroatoms. The Balaban J connectivity index is 1.73. The molecule has 1 saturated heterocycles. The van der Waals surface area contributed by atoms with Gasteiger partial charge in [-0.1, -0.05) is 18.2 Å². The fourth-order valence-electron chi connectivity index (χ4n) is 2.66. The standard InChI is InChI=1S/C15H17F3N2O/c16-15(17,18)12-3-1-2-11(6-12)14(4-5-14)13(21)20-9-10-7-19-8-10/h1-3,6,10,19H,4-5,7-9H2,(H,20,21). The molecular formula is C15H17F3N2O. The number of benzene rings is 1. The summed E-state index contributed by atoms with van der Waals surface area (Å²) in [4.78, 5) is 12.3. The second-order valence-electron chi connectivity index (χ2n) is 5.89. The summed E-state index contributed by atoms with van der Waals surface area (Å²) in [5, 5.41) is 6.00. The van der Waals surface area contributed by atoms with Crippen LogP contribution in [-0.2, 0) is 16.4 Å². The summed E-state index contributed by atoms with van der Waals surface area (Å²) in [6, 6.07) is 5.14. The molecule has 21 heavy (non-hydrogen) atoms. The number of hydrogen-bond donors (Lipinski definition) is 2. The molecule has 0 unspecified atom stereocenters. The highest BCUT2D eigenvalue weighted by molar-refractivity contribution is 5.91. The van der Waals surface area contributed by atoms with Crippen molar-refractivity contribution in [3.63, 3.8) is 0 Å². The lowest BCUT2D eigenvalue weighted by atomic mass is 9.92. The van der Waals surface area contributed by atoms with Crippen LogP contribution in [0.15, 0.2) is 24.3 Å². The van der Waals surface area contributed by atoms with Gasteiger partial charge in [0.25, 0.3) is 0 Å². The molecule has 0 bridgehead atoms. The number of nitrogens with one attached hydrogen (secondary N) is 2. The molecular weight excluding hydrogens is 281 g/mol. The Kier molecular flexibility index (Phi) is 3.43. The monoisotopic (exact) mass is 298 g/mol. The Bertz CT molecular complexity index is 548. The average molecular weight is 298 g/mol. The van der Waals surface area contributed by atoms with E-state index in [9.17, 15) is 18.0 Å². The maximum absolute atomic E-state index is 12.8. The van der Waals surface area contributed by atoms with Crippen molar-refractivity contribution in [2.75, 3.05) is 19.6 Å². The number of carbonyl (C=O) groups excluding carboxylic acids is 1. The van der Waals surface area contributed by atoms with Gasteiger partial charge in [0.05, 0.1) is 11.0 Å². The van der Waals surface area contributed by atoms with E-state index in [4.69, 9.17) is 0 Å². The van der Waals surface area contributed by atoms with E-state index in [2.05, 4.69) is 10.6 Å². The molecule has 114 valence electrons. The van der Waals surface area contributed by atoms with Crippen molar-refractivity contribution in [3.8, 4) is 0 Å². The van der Waals surface area contributed by atoms with E-state index in [-0.39, 0.29) is 5.91 Å². The van der Waals surface area contributed by atoms with Crippen LogP contribution in [0.4, 0.5) is 13.2 Å². The zero-order valence-corrected chi connectivity index (χ0v) is 11.5. The molecule has 2 fully saturated rings. The third-order valence-electron chi connectivity index (χ3n) is 4.34. The molecule has 0 spiro atoms. The minimum Gasteiger partial charge on any atom is -0.355 e. The van der Waals surface area contributed by atoms with Gasteiger partial charge < -0.3 is 10.6 Å². The van der Waals surface area contributed by atoms with Gasteiger partial charge in [0, 0.05) is 25.6 Å². The summed E-state index contributed by atoms with van der Waals surface area (Å²) in [5.41, 5.74) is -0.970. The minimum atomic E-state index is -4.37. The normalized spacial score (nSPS) is 20.7. The van der Waals surface area contributed by atoms with E-state index in [0.717, 1.165) is 25.2 Å². The predicted molar refractivity (Wildman–Crippen MR) is 71.7 cm³/mol. The van der Waals surface area contributed by atoms with Gasteiger partial charge in [0.15, 0.2) is 0 Å². The predicted octanol–water partition coefficient (Wildman–Crippen LogP) is 2.07. The number of halogens is 3. The molecule has 1 aromatic carbocycles. The van der Waals surface area contributed by atoms with Gasteiger partial charge in [-0.3, -0.25) is 4.79 Å². The van der Waals surface area contributed by atoms with Crippen molar-refractivity contribution in [2.24, 2.45) is 5.92 Å². The van der Waals surface area contributed by atoms with Crippen molar-refractivity contribution in [2.45, 2.75) is 24.4 Å². The summed E-state index contributed by atoms with van der Waals surface area (Å²) in [7, 11) is 0. The highest BCUT2D eigenvalue weighted by Gasteiger charge is 2.51. The molecule has 1 aliphatic carbocycles. The average Bonchev–Trinajstić information content (AvgIpc) is 3.17. The zero-order chi connectivity index (χ0) is 15.1. The first-order chi connectivity index (χ1) is 9.92. The molecule has 0 aromatic heterocycles. The fourth-order valence-corrected chi connectivity index (χ4v) is 2.66. The van der Waals surface area contributed by atoms with E-state index in [0.29, 0.717) is 30.9 Å². The second kappa shape index (κ2) is 5.02. The quantitative estimate of drug-likeness (QED) is 0.893. The van der Waals surface area contributed by atoms with E-state index >= 15 is 0 Å².